The Morgan fingerprint density at radius 1 is 1.04 bits per heavy atom. The molecule has 144 valence electrons. The maximum Gasteiger partial charge on any atom is 0.255 e. The van der Waals surface area contributed by atoms with E-state index in [-0.39, 0.29) is 17.8 Å². The largest absolute Gasteiger partial charge is 0.467 e. The number of furan rings is 1. The van der Waals surface area contributed by atoms with Crippen LogP contribution in [0.4, 0.5) is 5.69 Å². The van der Waals surface area contributed by atoms with Gasteiger partial charge in [0.15, 0.2) is 0 Å². The molecule has 8 heteroatoms. The third kappa shape index (κ3) is 5.48. The van der Waals surface area contributed by atoms with Gasteiger partial charge < -0.3 is 9.73 Å². The number of anilines is 1. The Hall–Kier alpha value is -3.03. The summed E-state index contributed by atoms with van der Waals surface area (Å²) in [6.45, 7) is 0.198. The standard InChI is InChI=1S/C20H17ClN2O4S/c21-16-9-7-15(8-10-16)11-13-28(25,26)23-19-6-2-1-5-18(19)20(24)22-14-17-4-3-12-27-17/h1-13,23H,14H2,(H,22,24)/b13-11+. The number of sulfonamides is 1. The molecule has 3 aromatic rings. The summed E-state index contributed by atoms with van der Waals surface area (Å²) in [6, 6.07) is 16.5. The third-order valence-corrected chi connectivity index (χ3v) is 4.99. The molecule has 0 saturated heterocycles. The van der Waals surface area contributed by atoms with Crippen LogP contribution in [0.1, 0.15) is 21.7 Å². The Morgan fingerprint density at radius 2 is 1.79 bits per heavy atom. The molecule has 0 bridgehead atoms. The summed E-state index contributed by atoms with van der Waals surface area (Å²) in [5.41, 5.74) is 1.07. The van der Waals surface area contributed by atoms with Crippen LogP contribution < -0.4 is 10.0 Å². The molecule has 0 atom stereocenters. The van der Waals surface area contributed by atoms with Gasteiger partial charge in [0.05, 0.1) is 29.5 Å². The topological polar surface area (TPSA) is 88.4 Å². The summed E-state index contributed by atoms with van der Waals surface area (Å²) in [5.74, 6) is 0.175. The number of rotatable bonds is 7. The van der Waals surface area contributed by atoms with Gasteiger partial charge in [-0.25, -0.2) is 8.42 Å². The summed E-state index contributed by atoms with van der Waals surface area (Å²) in [4.78, 5) is 12.4. The van der Waals surface area contributed by atoms with E-state index in [0.29, 0.717) is 16.3 Å². The average molecular weight is 417 g/mol. The van der Waals surface area contributed by atoms with Crippen LogP contribution in [0.5, 0.6) is 0 Å². The van der Waals surface area contributed by atoms with Crippen molar-refractivity contribution in [3.05, 3.63) is 94.2 Å². The quantitative estimate of drug-likeness (QED) is 0.601. The van der Waals surface area contributed by atoms with E-state index < -0.39 is 15.9 Å². The molecule has 2 N–H and O–H groups in total. The summed E-state index contributed by atoms with van der Waals surface area (Å²) < 4.78 is 32.4. The van der Waals surface area contributed by atoms with Crippen LogP contribution in [-0.4, -0.2) is 14.3 Å². The van der Waals surface area contributed by atoms with E-state index in [1.54, 1.807) is 48.5 Å². The van der Waals surface area contributed by atoms with Gasteiger partial charge in [0, 0.05) is 5.02 Å². The molecule has 1 heterocycles. The monoisotopic (exact) mass is 416 g/mol. The number of nitrogens with one attached hydrogen (secondary N) is 2. The van der Waals surface area contributed by atoms with Crippen molar-refractivity contribution >= 4 is 39.3 Å². The average Bonchev–Trinajstić information content (AvgIpc) is 3.19. The van der Waals surface area contributed by atoms with Crippen LogP contribution in [-0.2, 0) is 16.6 Å². The molecule has 0 saturated carbocycles. The van der Waals surface area contributed by atoms with Crippen LogP contribution in [0.25, 0.3) is 6.08 Å². The Morgan fingerprint density at radius 3 is 2.50 bits per heavy atom. The van der Waals surface area contributed by atoms with Crippen LogP contribution in [0, 0.1) is 0 Å². The number of halogens is 1. The second-order valence-corrected chi connectivity index (χ2v) is 7.81. The molecule has 28 heavy (non-hydrogen) atoms. The van der Waals surface area contributed by atoms with Crippen LogP contribution >= 0.6 is 11.6 Å². The fourth-order valence-corrected chi connectivity index (χ4v) is 3.39. The highest BCUT2D eigenvalue weighted by molar-refractivity contribution is 7.95. The normalized spacial score (nSPS) is 11.5. The molecule has 0 spiro atoms. The number of hydrogen-bond acceptors (Lipinski definition) is 4. The molecular weight excluding hydrogens is 400 g/mol. The molecule has 0 radical (unpaired) electrons. The molecule has 6 nitrogen and oxygen atoms in total. The predicted molar refractivity (Wildman–Crippen MR) is 109 cm³/mol. The number of para-hydroxylation sites is 1. The van der Waals surface area contributed by atoms with E-state index in [0.717, 1.165) is 5.41 Å². The van der Waals surface area contributed by atoms with Crippen molar-refractivity contribution < 1.29 is 17.6 Å². The Kier molecular flexibility index (Phi) is 6.18. The van der Waals surface area contributed by atoms with Gasteiger partial charge in [0.2, 0.25) is 0 Å². The lowest BCUT2D eigenvalue weighted by Gasteiger charge is -2.10. The fourth-order valence-electron chi connectivity index (χ4n) is 2.38. The molecule has 2 aromatic carbocycles. The van der Waals surface area contributed by atoms with Crippen molar-refractivity contribution in [2.24, 2.45) is 0 Å². The first-order valence-corrected chi connectivity index (χ1v) is 10.2. The molecule has 3 rings (SSSR count). The van der Waals surface area contributed by atoms with Gasteiger partial charge >= 0.3 is 0 Å². The van der Waals surface area contributed by atoms with Crippen molar-refractivity contribution in [2.45, 2.75) is 6.54 Å². The molecule has 0 aliphatic carbocycles. The summed E-state index contributed by atoms with van der Waals surface area (Å²) in [6.07, 6.45) is 2.95. The van der Waals surface area contributed by atoms with Crippen LogP contribution in [0.15, 0.2) is 76.8 Å². The predicted octanol–water partition coefficient (Wildman–Crippen LogP) is 4.28. The highest BCUT2D eigenvalue weighted by Crippen LogP contribution is 2.18. The minimum atomic E-state index is -3.82. The summed E-state index contributed by atoms with van der Waals surface area (Å²) in [5, 5.41) is 4.29. The zero-order chi connectivity index (χ0) is 20.0. The highest BCUT2D eigenvalue weighted by atomic mass is 35.5. The van der Waals surface area contributed by atoms with Gasteiger partial charge in [-0.3, -0.25) is 9.52 Å². The Labute approximate surface area is 167 Å². The van der Waals surface area contributed by atoms with Gasteiger partial charge in [-0.05, 0) is 48.0 Å². The Bertz CT molecular complexity index is 1080. The van der Waals surface area contributed by atoms with Gasteiger partial charge in [-0.1, -0.05) is 35.9 Å². The first-order valence-electron chi connectivity index (χ1n) is 8.29. The summed E-state index contributed by atoms with van der Waals surface area (Å²) in [7, 11) is -3.82. The van der Waals surface area contributed by atoms with Crippen LogP contribution in [0.2, 0.25) is 5.02 Å². The molecule has 1 amide bonds. The van der Waals surface area contributed by atoms with Gasteiger partial charge in [-0.2, -0.15) is 0 Å². The maximum atomic E-state index is 12.4. The minimum Gasteiger partial charge on any atom is -0.467 e. The maximum absolute atomic E-state index is 12.4. The second-order valence-electron chi connectivity index (χ2n) is 5.81. The fraction of sp³-hybridized carbons (Fsp3) is 0.0500. The van der Waals surface area contributed by atoms with Crippen molar-refractivity contribution in [1.82, 2.24) is 5.32 Å². The van der Waals surface area contributed by atoms with Gasteiger partial charge in [-0.15, -0.1) is 0 Å². The molecule has 0 aliphatic heterocycles. The van der Waals surface area contributed by atoms with Crippen molar-refractivity contribution in [1.29, 1.82) is 0 Å². The first kappa shape index (κ1) is 19.7. The number of amides is 1. The van der Waals surface area contributed by atoms with Crippen molar-refractivity contribution in [2.75, 3.05) is 4.72 Å². The van der Waals surface area contributed by atoms with Crippen molar-refractivity contribution in [3.8, 4) is 0 Å². The van der Waals surface area contributed by atoms with E-state index in [1.165, 1.54) is 24.5 Å². The van der Waals surface area contributed by atoms with E-state index >= 15 is 0 Å². The lowest BCUT2D eigenvalue weighted by Crippen LogP contribution is -2.24. The van der Waals surface area contributed by atoms with E-state index in [1.807, 2.05) is 0 Å². The zero-order valence-electron chi connectivity index (χ0n) is 14.6. The molecule has 0 fully saturated rings. The second kappa shape index (κ2) is 8.77. The van der Waals surface area contributed by atoms with Gasteiger partial charge in [0.1, 0.15) is 5.76 Å². The number of carbonyl (C=O) groups excluding carboxylic acids is 1. The number of hydrogen-bond donors (Lipinski definition) is 2. The van der Waals surface area contributed by atoms with Crippen LogP contribution in [0.3, 0.4) is 0 Å². The molecule has 1 aromatic heterocycles. The highest BCUT2D eigenvalue weighted by Gasteiger charge is 2.15. The Balaban J connectivity index is 1.72. The lowest BCUT2D eigenvalue weighted by molar-refractivity contribution is 0.0949. The number of carbonyl (C=O) groups is 1. The first-order chi connectivity index (χ1) is 13.4. The minimum absolute atomic E-state index is 0.181. The third-order valence-electron chi connectivity index (χ3n) is 3.74. The summed E-state index contributed by atoms with van der Waals surface area (Å²) >= 11 is 5.82. The lowest BCUT2D eigenvalue weighted by atomic mass is 10.1. The SMILES string of the molecule is O=C(NCc1ccco1)c1ccccc1NS(=O)(=O)/C=C/c1ccc(Cl)cc1. The van der Waals surface area contributed by atoms with Gasteiger partial charge in [0.25, 0.3) is 15.9 Å². The van der Waals surface area contributed by atoms with E-state index in [2.05, 4.69) is 10.0 Å². The molecular formula is C20H17ClN2O4S. The van der Waals surface area contributed by atoms with E-state index in [4.69, 9.17) is 16.0 Å². The van der Waals surface area contributed by atoms with Crippen molar-refractivity contribution in [3.63, 3.8) is 0 Å². The molecule has 0 aliphatic rings. The smallest absolute Gasteiger partial charge is 0.255 e. The zero-order valence-corrected chi connectivity index (χ0v) is 16.2. The van der Waals surface area contributed by atoms with E-state index in [9.17, 15) is 13.2 Å². The number of benzene rings is 2. The molecule has 0 unspecified atom stereocenters.